The van der Waals surface area contributed by atoms with Crippen molar-refractivity contribution in [1.82, 2.24) is 5.32 Å². The molecule has 0 radical (unpaired) electrons. The summed E-state index contributed by atoms with van der Waals surface area (Å²) in [6, 6.07) is 10.2. The molecule has 0 unspecified atom stereocenters. The molecule has 1 aromatic rings. The van der Waals surface area contributed by atoms with E-state index in [9.17, 15) is 4.79 Å². The van der Waals surface area contributed by atoms with Crippen molar-refractivity contribution in [2.75, 3.05) is 6.54 Å². The SMILES string of the molecule is CC.C[C@@H]1C(=O)NC[C@H]1c1ccccc1. The first-order chi connectivity index (χ1) is 7.29. The number of hydrogen-bond donors (Lipinski definition) is 1. The van der Waals surface area contributed by atoms with Crippen molar-refractivity contribution in [1.29, 1.82) is 0 Å². The van der Waals surface area contributed by atoms with Gasteiger partial charge in [0.15, 0.2) is 0 Å². The number of hydrogen-bond acceptors (Lipinski definition) is 1. The van der Waals surface area contributed by atoms with Gasteiger partial charge in [-0.15, -0.1) is 0 Å². The first kappa shape index (κ1) is 11.8. The molecule has 1 fully saturated rings. The topological polar surface area (TPSA) is 29.1 Å². The molecule has 1 saturated heterocycles. The molecule has 0 aliphatic carbocycles. The summed E-state index contributed by atoms with van der Waals surface area (Å²) in [4.78, 5) is 11.2. The molecular weight excluding hydrogens is 186 g/mol. The van der Waals surface area contributed by atoms with Gasteiger partial charge in [-0.1, -0.05) is 51.1 Å². The minimum atomic E-state index is 0.113. The molecule has 2 heteroatoms. The van der Waals surface area contributed by atoms with Gasteiger partial charge in [-0.25, -0.2) is 0 Å². The van der Waals surface area contributed by atoms with Crippen molar-refractivity contribution >= 4 is 5.91 Å². The van der Waals surface area contributed by atoms with E-state index < -0.39 is 0 Å². The Balaban J connectivity index is 0.000000531. The van der Waals surface area contributed by atoms with Crippen LogP contribution in [0.15, 0.2) is 30.3 Å². The van der Waals surface area contributed by atoms with E-state index in [1.807, 2.05) is 39.0 Å². The summed E-state index contributed by atoms with van der Waals surface area (Å²) in [5.41, 5.74) is 1.26. The molecule has 1 aliphatic heterocycles. The second-order valence-electron chi connectivity index (χ2n) is 3.55. The van der Waals surface area contributed by atoms with Crippen LogP contribution in [0.2, 0.25) is 0 Å². The number of benzene rings is 1. The lowest BCUT2D eigenvalue weighted by Gasteiger charge is -2.11. The standard InChI is InChI=1S/C11H13NO.C2H6/c1-8-10(7-12-11(8)13)9-5-3-2-4-6-9;1-2/h2-6,8,10H,7H2,1H3,(H,12,13);1-2H3/t8-,10+;/m0./s1. The fourth-order valence-corrected chi connectivity index (χ4v) is 1.84. The molecule has 1 amide bonds. The van der Waals surface area contributed by atoms with Crippen LogP contribution >= 0.6 is 0 Å². The zero-order valence-corrected chi connectivity index (χ0v) is 9.66. The Bertz CT molecular complexity index is 308. The maximum atomic E-state index is 11.2. The zero-order valence-electron chi connectivity index (χ0n) is 9.66. The van der Waals surface area contributed by atoms with E-state index in [2.05, 4.69) is 17.4 Å². The summed E-state index contributed by atoms with van der Waals surface area (Å²) in [6.45, 7) is 6.77. The van der Waals surface area contributed by atoms with Crippen molar-refractivity contribution < 1.29 is 4.79 Å². The maximum Gasteiger partial charge on any atom is 0.223 e. The molecule has 82 valence electrons. The van der Waals surface area contributed by atoms with Gasteiger partial charge >= 0.3 is 0 Å². The van der Waals surface area contributed by atoms with E-state index in [0.717, 1.165) is 6.54 Å². The predicted octanol–water partition coefficient (Wildman–Crippen LogP) is 2.56. The number of carbonyl (C=O) groups is 1. The third-order valence-electron chi connectivity index (χ3n) is 2.74. The molecular formula is C13H19NO. The second-order valence-corrected chi connectivity index (χ2v) is 3.55. The van der Waals surface area contributed by atoms with E-state index in [0.29, 0.717) is 5.92 Å². The molecule has 0 bridgehead atoms. The van der Waals surface area contributed by atoms with Crippen molar-refractivity contribution in [3.63, 3.8) is 0 Å². The molecule has 0 saturated carbocycles. The predicted molar refractivity (Wildman–Crippen MR) is 62.7 cm³/mol. The summed E-state index contributed by atoms with van der Waals surface area (Å²) < 4.78 is 0. The van der Waals surface area contributed by atoms with Gasteiger partial charge in [0.1, 0.15) is 0 Å². The van der Waals surface area contributed by atoms with E-state index in [1.165, 1.54) is 5.56 Å². The highest BCUT2D eigenvalue weighted by atomic mass is 16.2. The quantitative estimate of drug-likeness (QED) is 0.750. The van der Waals surface area contributed by atoms with E-state index in [-0.39, 0.29) is 11.8 Å². The van der Waals surface area contributed by atoms with Crippen molar-refractivity contribution in [2.45, 2.75) is 26.7 Å². The lowest BCUT2D eigenvalue weighted by molar-refractivity contribution is -0.122. The third-order valence-corrected chi connectivity index (χ3v) is 2.74. The van der Waals surface area contributed by atoms with Gasteiger partial charge < -0.3 is 5.32 Å². The van der Waals surface area contributed by atoms with E-state index in [4.69, 9.17) is 0 Å². The van der Waals surface area contributed by atoms with Crippen LogP contribution in [-0.4, -0.2) is 12.5 Å². The molecule has 2 nitrogen and oxygen atoms in total. The Kier molecular flexibility index (Phi) is 4.35. The largest absolute Gasteiger partial charge is 0.355 e. The summed E-state index contributed by atoms with van der Waals surface area (Å²) in [5, 5.41) is 2.88. The molecule has 1 heterocycles. The van der Waals surface area contributed by atoms with Crippen molar-refractivity contribution in [3.05, 3.63) is 35.9 Å². The second kappa shape index (κ2) is 5.54. The molecule has 2 atom stereocenters. The number of rotatable bonds is 1. The maximum absolute atomic E-state index is 11.2. The van der Waals surface area contributed by atoms with Crippen molar-refractivity contribution in [2.24, 2.45) is 5.92 Å². The molecule has 1 aliphatic rings. The van der Waals surface area contributed by atoms with Gasteiger partial charge in [0, 0.05) is 18.4 Å². The summed E-state index contributed by atoms with van der Waals surface area (Å²) in [7, 11) is 0. The Labute approximate surface area is 91.7 Å². The van der Waals surface area contributed by atoms with Gasteiger partial charge in [-0.3, -0.25) is 4.79 Å². The monoisotopic (exact) mass is 205 g/mol. The van der Waals surface area contributed by atoms with E-state index >= 15 is 0 Å². The molecule has 0 spiro atoms. The van der Waals surface area contributed by atoms with Crippen LogP contribution in [-0.2, 0) is 4.79 Å². The van der Waals surface area contributed by atoms with Crippen LogP contribution in [0.4, 0.5) is 0 Å². The van der Waals surface area contributed by atoms with Crippen LogP contribution in [0.5, 0.6) is 0 Å². The Hall–Kier alpha value is -1.31. The molecule has 2 rings (SSSR count). The molecule has 1 aromatic carbocycles. The lowest BCUT2D eigenvalue weighted by Crippen LogP contribution is -2.16. The number of carbonyl (C=O) groups excluding carboxylic acids is 1. The van der Waals surface area contributed by atoms with E-state index in [1.54, 1.807) is 0 Å². The zero-order chi connectivity index (χ0) is 11.3. The third kappa shape index (κ3) is 2.58. The van der Waals surface area contributed by atoms with Crippen molar-refractivity contribution in [3.8, 4) is 0 Å². The fraction of sp³-hybridized carbons (Fsp3) is 0.462. The lowest BCUT2D eigenvalue weighted by atomic mass is 9.90. The Morgan fingerprint density at radius 3 is 2.27 bits per heavy atom. The highest BCUT2D eigenvalue weighted by Gasteiger charge is 2.31. The van der Waals surface area contributed by atoms with Crippen LogP contribution in [0.1, 0.15) is 32.3 Å². The van der Waals surface area contributed by atoms with Gasteiger partial charge in [0.05, 0.1) is 0 Å². The van der Waals surface area contributed by atoms with Gasteiger partial charge in [0.2, 0.25) is 5.91 Å². The minimum absolute atomic E-state index is 0.113. The number of nitrogens with one attached hydrogen (secondary N) is 1. The summed E-state index contributed by atoms with van der Waals surface area (Å²) in [6.07, 6.45) is 0. The average Bonchev–Trinajstić information content (AvgIpc) is 2.64. The molecule has 15 heavy (non-hydrogen) atoms. The molecule has 0 aromatic heterocycles. The summed E-state index contributed by atoms with van der Waals surface area (Å²) in [5.74, 6) is 0.643. The van der Waals surface area contributed by atoms with Gasteiger partial charge in [-0.05, 0) is 5.56 Å². The highest BCUT2D eigenvalue weighted by molar-refractivity contribution is 5.81. The van der Waals surface area contributed by atoms with Crippen LogP contribution < -0.4 is 5.32 Å². The normalized spacial score (nSPS) is 24.1. The van der Waals surface area contributed by atoms with Crippen LogP contribution in [0.3, 0.4) is 0 Å². The van der Waals surface area contributed by atoms with Gasteiger partial charge in [0.25, 0.3) is 0 Å². The van der Waals surface area contributed by atoms with Gasteiger partial charge in [-0.2, -0.15) is 0 Å². The first-order valence-corrected chi connectivity index (χ1v) is 5.61. The highest BCUT2D eigenvalue weighted by Crippen LogP contribution is 2.27. The molecule has 1 N–H and O–H groups in total. The Morgan fingerprint density at radius 1 is 1.20 bits per heavy atom. The Morgan fingerprint density at radius 2 is 1.80 bits per heavy atom. The van der Waals surface area contributed by atoms with Crippen LogP contribution in [0, 0.1) is 5.92 Å². The smallest absolute Gasteiger partial charge is 0.223 e. The minimum Gasteiger partial charge on any atom is -0.355 e. The van der Waals surface area contributed by atoms with Crippen LogP contribution in [0.25, 0.3) is 0 Å². The average molecular weight is 205 g/mol. The fourth-order valence-electron chi connectivity index (χ4n) is 1.84. The first-order valence-electron chi connectivity index (χ1n) is 5.61. The number of amides is 1. The summed E-state index contributed by atoms with van der Waals surface area (Å²) >= 11 is 0.